The van der Waals surface area contributed by atoms with E-state index in [4.69, 9.17) is 16.6 Å². The lowest BCUT2D eigenvalue weighted by Crippen LogP contribution is -2.49. The summed E-state index contributed by atoms with van der Waals surface area (Å²) in [5.74, 6) is 0.985. The minimum atomic E-state index is 0.676. The minimum Gasteiger partial charge on any atom is -0.368 e. The second-order valence-corrected chi connectivity index (χ2v) is 7.92. The third kappa shape index (κ3) is 4.46. The van der Waals surface area contributed by atoms with Crippen molar-refractivity contribution in [2.24, 2.45) is 4.99 Å². The number of amidine groups is 1. The summed E-state index contributed by atoms with van der Waals surface area (Å²) < 4.78 is 0. The highest BCUT2D eigenvalue weighted by atomic mass is 35.5. The van der Waals surface area contributed by atoms with E-state index < -0.39 is 0 Å². The quantitative estimate of drug-likeness (QED) is 0.403. The van der Waals surface area contributed by atoms with Crippen molar-refractivity contribution in [3.8, 4) is 0 Å². The molecule has 0 amide bonds. The highest BCUT2D eigenvalue weighted by molar-refractivity contribution is 6.33. The Bertz CT molecular complexity index is 1010. The third-order valence-corrected chi connectivity index (χ3v) is 5.71. The number of rotatable bonds is 3. The topological polar surface area (TPSA) is 18.8 Å². The van der Waals surface area contributed by atoms with Gasteiger partial charge in [-0.15, -0.1) is 0 Å². The zero-order chi connectivity index (χ0) is 20.2. The van der Waals surface area contributed by atoms with Crippen LogP contribution in [0.3, 0.4) is 0 Å². The summed E-state index contributed by atoms with van der Waals surface area (Å²) in [4.78, 5) is 9.83. The van der Waals surface area contributed by atoms with E-state index >= 15 is 0 Å². The largest absolute Gasteiger partial charge is 0.368 e. The van der Waals surface area contributed by atoms with E-state index in [1.165, 1.54) is 16.8 Å². The zero-order valence-electron chi connectivity index (χ0n) is 17.0. The summed E-state index contributed by atoms with van der Waals surface area (Å²) in [7, 11) is 0. The van der Waals surface area contributed by atoms with Gasteiger partial charge in [-0.25, -0.2) is 4.99 Å². The van der Waals surface area contributed by atoms with Crippen LogP contribution in [0, 0.1) is 13.8 Å². The molecule has 3 nitrogen and oxygen atoms in total. The minimum absolute atomic E-state index is 0.676. The summed E-state index contributed by atoms with van der Waals surface area (Å²) in [6, 6.07) is 24.9. The molecule has 0 spiro atoms. The molecule has 0 unspecified atom stereocenters. The number of benzene rings is 3. The summed E-state index contributed by atoms with van der Waals surface area (Å²) >= 11 is 6.40. The van der Waals surface area contributed by atoms with Crippen LogP contribution >= 0.6 is 11.6 Å². The lowest BCUT2D eigenvalue weighted by atomic mass is 10.1. The van der Waals surface area contributed by atoms with Crippen LogP contribution in [0.5, 0.6) is 0 Å². The van der Waals surface area contributed by atoms with Crippen LogP contribution in [0.1, 0.15) is 16.7 Å². The lowest BCUT2D eigenvalue weighted by molar-refractivity contribution is 0.386. The Labute approximate surface area is 178 Å². The fraction of sp³-hybridized carbons (Fsp3) is 0.240. The molecule has 0 aromatic heterocycles. The molecule has 0 N–H and O–H groups in total. The predicted octanol–water partition coefficient (Wildman–Crippen LogP) is 5.86. The van der Waals surface area contributed by atoms with E-state index in [2.05, 4.69) is 66.1 Å². The third-order valence-electron chi connectivity index (χ3n) is 5.40. The highest BCUT2D eigenvalue weighted by Crippen LogP contribution is 2.27. The average molecular weight is 404 g/mol. The number of para-hydroxylation sites is 1. The summed E-state index contributed by atoms with van der Waals surface area (Å²) in [5, 5.41) is 0.676. The van der Waals surface area contributed by atoms with Gasteiger partial charge in [0.05, 0.1) is 10.7 Å². The fourth-order valence-electron chi connectivity index (χ4n) is 3.78. The first kappa shape index (κ1) is 19.5. The van der Waals surface area contributed by atoms with Gasteiger partial charge in [0.15, 0.2) is 0 Å². The first-order chi connectivity index (χ1) is 14.1. The average Bonchev–Trinajstić information content (AvgIpc) is 2.76. The number of halogens is 1. The van der Waals surface area contributed by atoms with Crippen LogP contribution in [0.2, 0.25) is 5.02 Å². The Morgan fingerprint density at radius 3 is 2.24 bits per heavy atom. The maximum atomic E-state index is 6.40. The standard InChI is InChI=1S/C25H26ClN3/c1-19-12-13-20(2)24(18-19)28-14-16-29(17-15-28)25(21-8-4-3-5-9-21)27-23-11-7-6-10-22(23)26/h3-13,18H,14-17H2,1-2H3. The molecule has 29 heavy (non-hydrogen) atoms. The second-order valence-electron chi connectivity index (χ2n) is 7.52. The van der Waals surface area contributed by atoms with Crippen LogP contribution < -0.4 is 4.90 Å². The van der Waals surface area contributed by atoms with Crippen molar-refractivity contribution in [1.29, 1.82) is 0 Å². The van der Waals surface area contributed by atoms with Crippen molar-refractivity contribution in [3.63, 3.8) is 0 Å². The normalized spacial score (nSPS) is 14.9. The Balaban J connectivity index is 1.60. The molecule has 0 radical (unpaired) electrons. The number of aliphatic imine (C=N–C) groups is 1. The number of hydrogen-bond donors (Lipinski definition) is 0. The molecule has 4 rings (SSSR count). The van der Waals surface area contributed by atoms with E-state index in [9.17, 15) is 0 Å². The molecule has 0 saturated carbocycles. The molecule has 148 valence electrons. The molecule has 1 aliphatic heterocycles. The molecule has 1 saturated heterocycles. The molecule has 1 heterocycles. The van der Waals surface area contributed by atoms with Crippen LogP contribution in [0.4, 0.5) is 11.4 Å². The van der Waals surface area contributed by atoms with Gasteiger partial charge in [-0.1, -0.05) is 66.2 Å². The molecule has 1 aliphatic rings. The fourth-order valence-corrected chi connectivity index (χ4v) is 3.96. The summed E-state index contributed by atoms with van der Waals surface area (Å²) in [6.07, 6.45) is 0. The number of hydrogen-bond acceptors (Lipinski definition) is 2. The smallest absolute Gasteiger partial charge is 0.136 e. The van der Waals surface area contributed by atoms with E-state index in [1.807, 2.05) is 30.3 Å². The van der Waals surface area contributed by atoms with Gasteiger partial charge in [0.25, 0.3) is 0 Å². The van der Waals surface area contributed by atoms with E-state index in [0.717, 1.165) is 43.3 Å². The Kier molecular flexibility index (Phi) is 5.86. The van der Waals surface area contributed by atoms with Gasteiger partial charge >= 0.3 is 0 Å². The molecule has 4 heteroatoms. The molecule has 1 fully saturated rings. The van der Waals surface area contributed by atoms with Gasteiger partial charge in [-0.2, -0.15) is 0 Å². The lowest BCUT2D eigenvalue weighted by Gasteiger charge is -2.38. The van der Waals surface area contributed by atoms with E-state index in [-0.39, 0.29) is 0 Å². The molecule has 3 aromatic carbocycles. The monoisotopic (exact) mass is 403 g/mol. The van der Waals surface area contributed by atoms with Crippen LogP contribution in [-0.4, -0.2) is 36.9 Å². The zero-order valence-corrected chi connectivity index (χ0v) is 17.7. The van der Waals surface area contributed by atoms with E-state index in [1.54, 1.807) is 0 Å². The van der Waals surface area contributed by atoms with Crippen molar-refractivity contribution in [3.05, 3.63) is 94.5 Å². The molecular weight excluding hydrogens is 378 g/mol. The summed E-state index contributed by atoms with van der Waals surface area (Å²) in [6.45, 7) is 8.13. The van der Waals surface area contributed by atoms with Gasteiger partial charge in [0, 0.05) is 37.4 Å². The molecule has 0 bridgehead atoms. The van der Waals surface area contributed by atoms with Crippen molar-refractivity contribution < 1.29 is 0 Å². The molecular formula is C25H26ClN3. The molecule has 0 aliphatic carbocycles. The van der Waals surface area contributed by atoms with Crippen molar-refractivity contribution in [1.82, 2.24) is 4.90 Å². The van der Waals surface area contributed by atoms with Gasteiger partial charge in [0.1, 0.15) is 5.84 Å². The van der Waals surface area contributed by atoms with Gasteiger partial charge in [0.2, 0.25) is 0 Å². The Hall–Kier alpha value is -2.78. The van der Waals surface area contributed by atoms with Gasteiger partial charge < -0.3 is 9.80 Å². The first-order valence-corrected chi connectivity index (χ1v) is 10.5. The first-order valence-electron chi connectivity index (χ1n) is 10.1. The van der Waals surface area contributed by atoms with Crippen molar-refractivity contribution in [2.45, 2.75) is 13.8 Å². The second kappa shape index (κ2) is 8.71. The van der Waals surface area contributed by atoms with Crippen LogP contribution in [0.25, 0.3) is 0 Å². The van der Waals surface area contributed by atoms with Gasteiger partial charge in [-0.05, 0) is 43.2 Å². The number of piperazine rings is 1. The van der Waals surface area contributed by atoms with Crippen LogP contribution in [0.15, 0.2) is 77.8 Å². The van der Waals surface area contributed by atoms with Crippen molar-refractivity contribution in [2.75, 3.05) is 31.1 Å². The predicted molar refractivity (Wildman–Crippen MR) is 124 cm³/mol. The number of anilines is 1. The van der Waals surface area contributed by atoms with Crippen LogP contribution in [-0.2, 0) is 0 Å². The maximum absolute atomic E-state index is 6.40. The van der Waals surface area contributed by atoms with E-state index in [0.29, 0.717) is 5.02 Å². The Morgan fingerprint density at radius 1 is 0.828 bits per heavy atom. The SMILES string of the molecule is Cc1ccc(C)c(N2CCN(C(=Nc3ccccc3Cl)c3ccccc3)CC2)c1. The van der Waals surface area contributed by atoms with Gasteiger partial charge in [-0.3, -0.25) is 0 Å². The van der Waals surface area contributed by atoms with Crippen molar-refractivity contribution >= 4 is 28.8 Å². The highest BCUT2D eigenvalue weighted by Gasteiger charge is 2.22. The maximum Gasteiger partial charge on any atom is 0.136 e. The number of aryl methyl sites for hydroxylation is 2. The molecule has 3 aromatic rings. The number of nitrogens with zero attached hydrogens (tertiary/aromatic N) is 3. The molecule has 0 atom stereocenters. The Morgan fingerprint density at radius 2 is 1.52 bits per heavy atom. The summed E-state index contributed by atoms with van der Waals surface area (Å²) in [5.41, 5.74) is 5.90.